The molecule has 3 rings (SSSR count). The summed E-state index contributed by atoms with van der Waals surface area (Å²) in [7, 11) is 1.84. The molecule has 19 heavy (non-hydrogen) atoms. The molecule has 4 heteroatoms. The number of hydrogen-bond acceptors (Lipinski definition) is 2. The molecule has 0 unspecified atom stereocenters. The van der Waals surface area contributed by atoms with Gasteiger partial charge in [0.2, 0.25) is 0 Å². The maximum absolute atomic E-state index is 13.8. The van der Waals surface area contributed by atoms with Crippen LogP contribution < -0.4 is 0 Å². The Hall–Kier alpha value is -2.67. The largest absolute Gasteiger partial charge is 0.327 e. The van der Waals surface area contributed by atoms with Gasteiger partial charge in [-0.2, -0.15) is 5.26 Å². The van der Waals surface area contributed by atoms with E-state index in [1.807, 2.05) is 17.7 Å². The van der Waals surface area contributed by atoms with Crippen LogP contribution in [-0.2, 0) is 7.05 Å². The van der Waals surface area contributed by atoms with E-state index in [0.717, 1.165) is 5.52 Å². The first-order valence-electron chi connectivity index (χ1n) is 5.82. The minimum atomic E-state index is -0.304. The molecule has 3 aromatic rings. The molecule has 2 aromatic carbocycles. The van der Waals surface area contributed by atoms with Gasteiger partial charge in [-0.25, -0.2) is 9.37 Å². The Labute approximate surface area is 109 Å². The fourth-order valence-corrected chi connectivity index (χ4v) is 2.15. The van der Waals surface area contributed by atoms with Crippen LogP contribution in [0, 0.1) is 17.1 Å². The first-order valence-corrected chi connectivity index (χ1v) is 5.82. The number of imidazole rings is 1. The van der Waals surface area contributed by atoms with Gasteiger partial charge in [0, 0.05) is 7.05 Å². The van der Waals surface area contributed by atoms with Crippen molar-refractivity contribution in [3.8, 4) is 17.5 Å². The van der Waals surface area contributed by atoms with Crippen molar-refractivity contribution >= 4 is 11.0 Å². The molecule has 3 nitrogen and oxygen atoms in total. The van der Waals surface area contributed by atoms with Gasteiger partial charge in [0.15, 0.2) is 0 Å². The maximum atomic E-state index is 13.8. The summed E-state index contributed by atoms with van der Waals surface area (Å²) in [5.74, 6) is 0.254. The highest BCUT2D eigenvalue weighted by Gasteiger charge is 2.13. The molecule has 0 N–H and O–H groups in total. The summed E-state index contributed by atoms with van der Waals surface area (Å²) >= 11 is 0. The Morgan fingerprint density at radius 3 is 2.74 bits per heavy atom. The van der Waals surface area contributed by atoms with Crippen molar-refractivity contribution in [1.29, 1.82) is 5.26 Å². The van der Waals surface area contributed by atoms with Crippen LogP contribution >= 0.6 is 0 Å². The molecule has 1 heterocycles. The van der Waals surface area contributed by atoms with Gasteiger partial charge in [-0.05, 0) is 30.3 Å². The molecule has 0 atom stereocenters. The van der Waals surface area contributed by atoms with Gasteiger partial charge < -0.3 is 4.57 Å². The van der Waals surface area contributed by atoms with Crippen molar-refractivity contribution in [3.05, 3.63) is 53.8 Å². The molecule has 1 aromatic heterocycles. The number of aryl methyl sites for hydroxylation is 1. The molecule has 0 radical (unpaired) electrons. The van der Waals surface area contributed by atoms with Crippen molar-refractivity contribution in [2.24, 2.45) is 7.05 Å². The monoisotopic (exact) mass is 251 g/mol. The topological polar surface area (TPSA) is 41.6 Å². The van der Waals surface area contributed by atoms with Crippen LogP contribution in [0.1, 0.15) is 5.56 Å². The highest BCUT2D eigenvalue weighted by molar-refractivity contribution is 5.81. The average molecular weight is 251 g/mol. The molecule has 0 saturated heterocycles. The van der Waals surface area contributed by atoms with E-state index in [-0.39, 0.29) is 5.82 Å². The molecule has 0 saturated carbocycles. The van der Waals surface area contributed by atoms with E-state index < -0.39 is 0 Å². The molecular formula is C15H10FN3. The summed E-state index contributed by atoms with van der Waals surface area (Å²) in [4.78, 5) is 4.42. The molecule has 0 spiro atoms. The predicted octanol–water partition coefficient (Wildman–Crippen LogP) is 3.25. The van der Waals surface area contributed by atoms with E-state index in [4.69, 9.17) is 5.26 Å². The van der Waals surface area contributed by atoms with E-state index in [1.54, 1.807) is 30.3 Å². The highest BCUT2D eigenvalue weighted by atomic mass is 19.1. The number of benzene rings is 2. The maximum Gasteiger partial charge on any atom is 0.143 e. The van der Waals surface area contributed by atoms with Gasteiger partial charge in [0.1, 0.15) is 11.6 Å². The smallest absolute Gasteiger partial charge is 0.143 e. The molecule has 0 fully saturated rings. The number of hydrogen-bond donors (Lipinski definition) is 0. The molecule has 0 aliphatic rings. The lowest BCUT2D eigenvalue weighted by atomic mass is 10.2. The van der Waals surface area contributed by atoms with Crippen molar-refractivity contribution < 1.29 is 4.39 Å². The quantitative estimate of drug-likeness (QED) is 0.666. The van der Waals surface area contributed by atoms with Crippen LogP contribution in [-0.4, -0.2) is 9.55 Å². The lowest BCUT2D eigenvalue weighted by molar-refractivity contribution is 0.629. The summed E-state index contributed by atoms with van der Waals surface area (Å²) in [6, 6.07) is 13.9. The number of aromatic nitrogens is 2. The fraction of sp³-hybridized carbons (Fsp3) is 0.0667. The Bertz CT molecular complexity index is 812. The highest BCUT2D eigenvalue weighted by Crippen LogP contribution is 2.26. The van der Waals surface area contributed by atoms with Crippen LogP contribution in [0.2, 0.25) is 0 Å². The molecular weight excluding hydrogens is 241 g/mol. The Balaban J connectivity index is 2.29. The van der Waals surface area contributed by atoms with E-state index >= 15 is 0 Å². The zero-order valence-electron chi connectivity index (χ0n) is 10.3. The van der Waals surface area contributed by atoms with Gasteiger partial charge in [-0.15, -0.1) is 0 Å². The van der Waals surface area contributed by atoms with Crippen LogP contribution in [0.3, 0.4) is 0 Å². The number of rotatable bonds is 1. The van der Waals surface area contributed by atoms with Crippen molar-refractivity contribution in [1.82, 2.24) is 9.55 Å². The van der Waals surface area contributed by atoms with E-state index in [1.165, 1.54) is 6.07 Å². The van der Waals surface area contributed by atoms with Crippen molar-refractivity contribution in [2.75, 3.05) is 0 Å². The Morgan fingerprint density at radius 1 is 1.21 bits per heavy atom. The van der Waals surface area contributed by atoms with Crippen LogP contribution in [0.5, 0.6) is 0 Å². The number of nitrogens with zero attached hydrogens (tertiary/aromatic N) is 3. The van der Waals surface area contributed by atoms with E-state index in [9.17, 15) is 4.39 Å². The van der Waals surface area contributed by atoms with Gasteiger partial charge >= 0.3 is 0 Å². The molecule has 0 amide bonds. The zero-order valence-corrected chi connectivity index (χ0v) is 10.3. The molecule has 92 valence electrons. The summed E-state index contributed by atoms with van der Waals surface area (Å²) in [6.07, 6.45) is 0. The SMILES string of the molecule is Cn1c(-c2ccccc2F)nc2cc(C#N)ccc21. The van der Waals surface area contributed by atoms with Crippen LogP contribution in [0.4, 0.5) is 4.39 Å². The second kappa shape index (κ2) is 4.21. The number of halogens is 1. The normalized spacial score (nSPS) is 10.6. The lowest BCUT2D eigenvalue weighted by Gasteiger charge is -2.03. The number of fused-ring (bicyclic) bond motifs is 1. The number of nitriles is 1. The van der Waals surface area contributed by atoms with Crippen molar-refractivity contribution in [3.63, 3.8) is 0 Å². The Kier molecular flexibility index (Phi) is 2.53. The summed E-state index contributed by atoms with van der Waals surface area (Å²) in [6.45, 7) is 0. The standard InChI is InChI=1S/C15H10FN3/c1-19-14-7-6-10(9-17)8-13(14)18-15(19)11-4-2-3-5-12(11)16/h2-8H,1H3. The first kappa shape index (κ1) is 11.4. The average Bonchev–Trinajstić information content (AvgIpc) is 2.76. The lowest BCUT2D eigenvalue weighted by Crippen LogP contribution is -1.94. The van der Waals surface area contributed by atoms with Gasteiger partial charge in [-0.3, -0.25) is 0 Å². The third kappa shape index (κ3) is 1.76. The second-order valence-electron chi connectivity index (χ2n) is 4.29. The van der Waals surface area contributed by atoms with E-state index in [2.05, 4.69) is 11.1 Å². The van der Waals surface area contributed by atoms with Crippen LogP contribution in [0.15, 0.2) is 42.5 Å². The molecule has 0 aliphatic heterocycles. The summed E-state index contributed by atoms with van der Waals surface area (Å²) < 4.78 is 15.7. The Morgan fingerprint density at radius 2 is 2.00 bits per heavy atom. The van der Waals surface area contributed by atoms with Gasteiger partial charge in [0.05, 0.1) is 28.2 Å². The third-order valence-corrected chi connectivity index (χ3v) is 3.12. The second-order valence-corrected chi connectivity index (χ2v) is 4.29. The summed E-state index contributed by atoms with van der Waals surface area (Å²) in [5.41, 5.74) is 2.57. The zero-order chi connectivity index (χ0) is 13.4. The van der Waals surface area contributed by atoms with E-state index in [0.29, 0.717) is 22.5 Å². The van der Waals surface area contributed by atoms with Gasteiger partial charge in [0.25, 0.3) is 0 Å². The van der Waals surface area contributed by atoms with Gasteiger partial charge in [-0.1, -0.05) is 12.1 Å². The minimum absolute atomic E-state index is 0.304. The summed E-state index contributed by atoms with van der Waals surface area (Å²) in [5, 5.41) is 8.89. The fourth-order valence-electron chi connectivity index (χ4n) is 2.15. The van der Waals surface area contributed by atoms with Crippen LogP contribution in [0.25, 0.3) is 22.4 Å². The molecule has 0 bridgehead atoms. The third-order valence-electron chi connectivity index (χ3n) is 3.12. The first-order chi connectivity index (χ1) is 9.20. The molecule has 0 aliphatic carbocycles. The van der Waals surface area contributed by atoms with Crippen molar-refractivity contribution in [2.45, 2.75) is 0 Å². The minimum Gasteiger partial charge on any atom is -0.327 e. The predicted molar refractivity (Wildman–Crippen MR) is 70.8 cm³/mol.